The second-order valence-electron chi connectivity index (χ2n) is 7.19. The van der Waals surface area contributed by atoms with Crippen LogP contribution in [0.25, 0.3) is 16.9 Å². The molecule has 0 aliphatic rings. The standard InChI is InChI=1S/C25H17BrClFN4O/c26-21-3-1-2-4-22(21)32-24(17-7-9-18(27)10-8-17)20(13-14-29)23(31-32)25(33)30-15-16-5-11-19(28)12-6-16/h1-12H,13,15H2,(H,30,33). The van der Waals surface area contributed by atoms with Crippen molar-refractivity contribution in [3.05, 3.63) is 105 Å². The first-order chi connectivity index (χ1) is 16.0. The highest BCUT2D eigenvalue weighted by Gasteiger charge is 2.25. The minimum absolute atomic E-state index is 0.0122. The highest BCUT2D eigenvalue weighted by molar-refractivity contribution is 9.10. The van der Waals surface area contributed by atoms with E-state index in [9.17, 15) is 14.4 Å². The number of rotatable bonds is 6. The molecule has 0 saturated carbocycles. The monoisotopic (exact) mass is 522 g/mol. The van der Waals surface area contributed by atoms with Gasteiger partial charge in [-0.15, -0.1) is 0 Å². The normalized spacial score (nSPS) is 10.6. The lowest BCUT2D eigenvalue weighted by atomic mass is 10.0. The molecule has 0 aliphatic heterocycles. The number of nitrogens with one attached hydrogen (secondary N) is 1. The average Bonchev–Trinajstić information content (AvgIpc) is 3.18. The number of hydrogen-bond acceptors (Lipinski definition) is 3. The molecule has 1 N–H and O–H groups in total. The molecular formula is C25H17BrClFN4O. The van der Waals surface area contributed by atoms with Crippen molar-refractivity contribution in [3.8, 4) is 23.0 Å². The van der Waals surface area contributed by atoms with Crippen molar-refractivity contribution in [3.63, 3.8) is 0 Å². The lowest BCUT2D eigenvalue weighted by molar-refractivity contribution is 0.0944. The summed E-state index contributed by atoms with van der Waals surface area (Å²) >= 11 is 9.63. The summed E-state index contributed by atoms with van der Waals surface area (Å²) in [6.45, 7) is 0.198. The predicted octanol–water partition coefficient (Wildman–Crippen LogP) is 6.09. The second kappa shape index (κ2) is 9.99. The molecular weight excluding hydrogens is 507 g/mol. The summed E-state index contributed by atoms with van der Waals surface area (Å²) in [7, 11) is 0. The number of aromatic nitrogens is 2. The Hall–Kier alpha value is -3.47. The van der Waals surface area contributed by atoms with Gasteiger partial charge in [0.25, 0.3) is 5.91 Å². The van der Waals surface area contributed by atoms with Crippen molar-refractivity contribution < 1.29 is 9.18 Å². The molecule has 4 aromatic rings. The van der Waals surface area contributed by atoms with Gasteiger partial charge in [-0.3, -0.25) is 4.79 Å². The van der Waals surface area contributed by atoms with Crippen molar-refractivity contribution in [1.29, 1.82) is 5.26 Å². The zero-order valence-corrected chi connectivity index (χ0v) is 19.6. The van der Waals surface area contributed by atoms with Crippen LogP contribution in [0.15, 0.2) is 77.3 Å². The number of halogens is 3. The first-order valence-corrected chi connectivity index (χ1v) is 11.2. The van der Waals surface area contributed by atoms with Gasteiger partial charge in [0.05, 0.1) is 23.9 Å². The summed E-state index contributed by atoms with van der Waals surface area (Å²) in [5, 5.41) is 17.5. The third-order valence-corrected chi connectivity index (χ3v) is 5.94. The maximum absolute atomic E-state index is 13.2. The minimum atomic E-state index is -0.425. The second-order valence-corrected chi connectivity index (χ2v) is 8.48. The van der Waals surface area contributed by atoms with E-state index in [0.717, 1.165) is 21.3 Å². The Morgan fingerprint density at radius 1 is 1.09 bits per heavy atom. The van der Waals surface area contributed by atoms with E-state index < -0.39 is 5.91 Å². The zero-order valence-electron chi connectivity index (χ0n) is 17.2. The van der Waals surface area contributed by atoms with Crippen LogP contribution in [0.3, 0.4) is 0 Å². The lowest BCUT2D eigenvalue weighted by Gasteiger charge is -2.11. The Labute approximate surface area is 203 Å². The minimum Gasteiger partial charge on any atom is -0.347 e. The van der Waals surface area contributed by atoms with Gasteiger partial charge in [-0.1, -0.05) is 48.0 Å². The van der Waals surface area contributed by atoms with Gasteiger partial charge in [0.2, 0.25) is 0 Å². The number of nitrogens with zero attached hydrogens (tertiary/aromatic N) is 3. The lowest BCUT2D eigenvalue weighted by Crippen LogP contribution is -2.24. The maximum Gasteiger partial charge on any atom is 0.272 e. The van der Waals surface area contributed by atoms with Crippen molar-refractivity contribution in [1.82, 2.24) is 15.1 Å². The Balaban J connectivity index is 1.81. The van der Waals surface area contributed by atoms with Gasteiger partial charge in [0.15, 0.2) is 5.69 Å². The van der Waals surface area contributed by atoms with Crippen LogP contribution in [-0.2, 0) is 13.0 Å². The Bertz CT molecular complexity index is 1340. The molecule has 0 saturated heterocycles. The molecule has 0 unspecified atom stereocenters. The van der Waals surface area contributed by atoms with Crippen LogP contribution in [0, 0.1) is 17.1 Å². The van der Waals surface area contributed by atoms with Crippen LogP contribution in [0.1, 0.15) is 21.6 Å². The molecule has 0 spiro atoms. The molecule has 164 valence electrons. The molecule has 4 rings (SSSR count). The molecule has 1 heterocycles. The molecule has 0 bridgehead atoms. The summed E-state index contributed by atoms with van der Waals surface area (Å²) in [6, 6.07) is 22.7. The first kappa shape index (κ1) is 22.7. The quantitative estimate of drug-likeness (QED) is 0.332. The molecule has 1 aromatic heterocycles. The Morgan fingerprint density at radius 2 is 1.79 bits per heavy atom. The van der Waals surface area contributed by atoms with Crippen molar-refractivity contribution >= 4 is 33.4 Å². The topological polar surface area (TPSA) is 70.7 Å². The van der Waals surface area contributed by atoms with E-state index in [-0.39, 0.29) is 24.5 Å². The first-order valence-electron chi connectivity index (χ1n) is 10.00. The van der Waals surface area contributed by atoms with Gasteiger partial charge in [-0.05, 0) is 57.9 Å². The maximum atomic E-state index is 13.2. The van der Waals surface area contributed by atoms with Crippen molar-refractivity contribution in [2.24, 2.45) is 0 Å². The largest absolute Gasteiger partial charge is 0.347 e. The highest BCUT2D eigenvalue weighted by atomic mass is 79.9. The molecule has 3 aromatic carbocycles. The van der Waals surface area contributed by atoms with E-state index in [4.69, 9.17) is 11.6 Å². The van der Waals surface area contributed by atoms with E-state index >= 15 is 0 Å². The molecule has 5 nitrogen and oxygen atoms in total. The van der Waals surface area contributed by atoms with Crippen LogP contribution in [-0.4, -0.2) is 15.7 Å². The van der Waals surface area contributed by atoms with Crippen molar-refractivity contribution in [2.45, 2.75) is 13.0 Å². The third kappa shape index (κ3) is 4.98. The van der Waals surface area contributed by atoms with Gasteiger partial charge in [0, 0.05) is 27.2 Å². The molecule has 0 atom stereocenters. The van der Waals surface area contributed by atoms with Crippen LogP contribution in [0.4, 0.5) is 4.39 Å². The Kier molecular flexibility index (Phi) is 6.87. The van der Waals surface area contributed by atoms with Crippen LogP contribution >= 0.6 is 27.5 Å². The summed E-state index contributed by atoms with van der Waals surface area (Å²) in [6.07, 6.45) is -0.0122. The predicted molar refractivity (Wildman–Crippen MR) is 129 cm³/mol. The fraction of sp³-hybridized carbons (Fsp3) is 0.0800. The van der Waals surface area contributed by atoms with Crippen LogP contribution < -0.4 is 5.32 Å². The summed E-state index contributed by atoms with van der Waals surface area (Å²) < 4.78 is 15.6. The number of carbonyl (C=O) groups excluding carboxylic acids is 1. The highest BCUT2D eigenvalue weighted by Crippen LogP contribution is 2.33. The van der Waals surface area contributed by atoms with E-state index in [1.807, 2.05) is 36.4 Å². The zero-order chi connectivity index (χ0) is 23.4. The molecule has 0 fully saturated rings. The average molecular weight is 524 g/mol. The van der Waals surface area contributed by atoms with E-state index in [0.29, 0.717) is 16.3 Å². The summed E-state index contributed by atoms with van der Waals surface area (Å²) in [4.78, 5) is 13.1. The number of carbonyl (C=O) groups is 1. The summed E-state index contributed by atoms with van der Waals surface area (Å²) in [5.41, 5.74) is 3.53. The molecule has 0 radical (unpaired) electrons. The number of benzene rings is 3. The van der Waals surface area contributed by atoms with Crippen LogP contribution in [0.2, 0.25) is 5.02 Å². The summed E-state index contributed by atoms with van der Waals surface area (Å²) in [5.74, 6) is -0.772. The molecule has 0 aliphatic carbocycles. The molecule has 33 heavy (non-hydrogen) atoms. The van der Waals surface area contributed by atoms with Gasteiger partial charge in [-0.25, -0.2) is 9.07 Å². The van der Waals surface area contributed by atoms with Gasteiger partial charge < -0.3 is 5.32 Å². The van der Waals surface area contributed by atoms with Gasteiger partial charge in [0.1, 0.15) is 5.82 Å². The molecule has 8 heteroatoms. The fourth-order valence-corrected chi connectivity index (χ4v) is 4.03. The third-order valence-electron chi connectivity index (χ3n) is 5.02. The number of nitriles is 1. The SMILES string of the molecule is N#CCc1c(C(=O)NCc2ccc(F)cc2)nn(-c2ccccc2Br)c1-c1ccc(Cl)cc1. The van der Waals surface area contributed by atoms with Crippen molar-refractivity contribution in [2.75, 3.05) is 0 Å². The van der Waals surface area contributed by atoms with Gasteiger partial charge in [-0.2, -0.15) is 10.4 Å². The van der Waals surface area contributed by atoms with E-state index in [2.05, 4.69) is 32.4 Å². The van der Waals surface area contributed by atoms with Gasteiger partial charge >= 0.3 is 0 Å². The van der Waals surface area contributed by atoms with E-state index in [1.54, 1.807) is 28.9 Å². The van der Waals surface area contributed by atoms with Crippen LogP contribution in [0.5, 0.6) is 0 Å². The fourth-order valence-electron chi connectivity index (χ4n) is 3.45. The number of amides is 1. The smallest absolute Gasteiger partial charge is 0.272 e. The number of hydrogen-bond donors (Lipinski definition) is 1. The number of para-hydroxylation sites is 1. The Morgan fingerprint density at radius 3 is 2.45 bits per heavy atom. The molecule has 1 amide bonds. The van der Waals surface area contributed by atoms with E-state index in [1.165, 1.54) is 12.1 Å².